The van der Waals surface area contributed by atoms with Gasteiger partial charge in [-0.1, -0.05) is 163 Å². The molecule has 0 aliphatic heterocycles. The van der Waals surface area contributed by atoms with E-state index in [0.29, 0.717) is 112 Å². The molecule has 24 nitrogen and oxygen atoms in total. The number of phenolic OH excluding ortho intramolecular Hbond substituents is 4. The van der Waals surface area contributed by atoms with Gasteiger partial charge in [0.15, 0.2) is 0 Å². The third-order valence-electron chi connectivity index (χ3n) is 17.8. The summed E-state index contributed by atoms with van der Waals surface area (Å²) in [6.45, 7) is 30.2. The minimum absolute atomic E-state index is 0. The van der Waals surface area contributed by atoms with E-state index in [-0.39, 0.29) is 123 Å². The standard InChI is InChI=1S/2C42H38N4O2.4C2H4O2.CH4.3Ni.4H2O/c2*1-41(2,3)27-21-29(33-11-7-9-19-43-33)39(47)31(23-27)35-17-15-25-13-14-26-16-18-36(46-38(26)37(25)45-35)32-24-28(42(4,5)6)22-30(40(32)48)34-12-8-10-20-44-34;4*1-2(3)4;;;;;;;;/h2*7-24,47-48H,1-6H3;4*1H3,(H,3,4);1H4;;;;4*1H2. The second-order valence-electron chi connectivity index (χ2n) is 30.8. The minimum atomic E-state index is -0.833. The van der Waals surface area contributed by atoms with Gasteiger partial charge < -0.3 is 62.8 Å². The second-order valence-corrected chi connectivity index (χ2v) is 30.8. The fraction of sp³-hybridized carbons (Fsp3) is 0.226. The number of aromatic nitrogens is 8. The van der Waals surface area contributed by atoms with Gasteiger partial charge in [-0.25, -0.2) is 19.9 Å². The first-order chi connectivity index (χ1) is 52.7. The fourth-order valence-corrected chi connectivity index (χ4v) is 12.1. The van der Waals surface area contributed by atoms with E-state index in [0.717, 1.165) is 71.5 Å². The van der Waals surface area contributed by atoms with Crippen LogP contribution in [0.1, 0.15) is 140 Å². The number of benzene rings is 6. The zero-order valence-electron chi connectivity index (χ0n) is 68.5. The molecule has 0 aliphatic carbocycles. The Morgan fingerprint density at radius 3 is 0.525 bits per heavy atom. The van der Waals surface area contributed by atoms with Crippen LogP contribution in [0.4, 0.5) is 0 Å². The van der Waals surface area contributed by atoms with Crippen LogP contribution in [0.5, 0.6) is 23.0 Å². The summed E-state index contributed by atoms with van der Waals surface area (Å²) >= 11 is 0. The van der Waals surface area contributed by atoms with Crippen molar-refractivity contribution in [2.45, 2.75) is 140 Å². The van der Waals surface area contributed by atoms with E-state index in [9.17, 15) is 20.4 Å². The summed E-state index contributed by atoms with van der Waals surface area (Å²) in [5.41, 5.74) is 16.9. The third-order valence-corrected chi connectivity index (χ3v) is 17.8. The van der Waals surface area contributed by atoms with Gasteiger partial charge in [0.2, 0.25) is 0 Å². The Hall–Kier alpha value is -12.0. The molecule has 0 bridgehead atoms. The molecule has 0 fully saturated rings. The molecule has 0 saturated heterocycles. The number of phenols is 4. The molecule has 0 atom stereocenters. The Morgan fingerprint density at radius 2 is 0.392 bits per heavy atom. The molecule has 0 spiro atoms. The first-order valence-corrected chi connectivity index (χ1v) is 36.1. The molecule has 0 unspecified atom stereocenters. The maximum Gasteiger partial charge on any atom is 0.300 e. The Labute approximate surface area is 728 Å². The van der Waals surface area contributed by atoms with Gasteiger partial charge in [-0.3, -0.25) is 39.1 Å². The summed E-state index contributed by atoms with van der Waals surface area (Å²) in [6.07, 6.45) is 6.93. The zero-order valence-corrected chi connectivity index (χ0v) is 71.5. The molecular weight excluding hydrogens is 1660 g/mol. The predicted octanol–water partition coefficient (Wildman–Crippen LogP) is 18.2. The van der Waals surface area contributed by atoms with Crippen molar-refractivity contribution in [3.63, 3.8) is 0 Å². The molecule has 8 aromatic heterocycles. The Morgan fingerprint density at radius 1 is 0.250 bits per heavy atom. The van der Waals surface area contributed by atoms with E-state index in [2.05, 4.69) is 103 Å². The topological polar surface area (TPSA) is 459 Å². The van der Waals surface area contributed by atoms with E-state index in [4.69, 9.17) is 59.5 Å². The number of aromatic hydroxyl groups is 4. The Bertz CT molecular complexity index is 5100. The molecule has 16 N–H and O–H groups in total. The molecule has 120 heavy (non-hydrogen) atoms. The van der Waals surface area contributed by atoms with Crippen LogP contribution >= 0.6 is 0 Å². The average Bonchev–Trinajstić information content (AvgIpc) is 0.759. The van der Waals surface area contributed by atoms with Gasteiger partial charge in [-0.2, -0.15) is 0 Å². The van der Waals surface area contributed by atoms with Gasteiger partial charge >= 0.3 is 0 Å². The number of carboxylic acid groups (broad SMARTS) is 4. The van der Waals surface area contributed by atoms with Crippen molar-refractivity contribution in [1.82, 2.24) is 39.9 Å². The maximum atomic E-state index is 11.7. The van der Waals surface area contributed by atoms with Crippen molar-refractivity contribution in [2.24, 2.45) is 0 Å². The molecule has 14 rings (SSSR count). The van der Waals surface area contributed by atoms with Crippen LogP contribution in [0, 0.1) is 0 Å². The van der Waals surface area contributed by atoms with Crippen molar-refractivity contribution in [3.05, 3.63) is 241 Å². The van der Waals surface area contributed by atoms with E-state index < -0.39 is 23.9 Å². The third kappa shape index (κ3) is 26.5. The summed E-state index contributed by atoms with van der Waals surface area (Å²) < 4.78 is 0. The summed E-state index contributed by atoms with van der Waals surface area (Å²) in [4.78, 5) is 74.8. The predicted molar refractivity (Wildman–Crippen MR) is 465 cm³/mol. The van der Waals surface area contributed by atoms with E-state index in [1.165, 1.54) is 0 Å². The van der Waals surface area contributed by atoms with Gasteiger partial charge in [0.1, 0.15) is 23.0 Å². The van der Waals surface area contributed by atoms with Crippen molar-refractivity contribution >= 4 is 67.5 Å². The first kappa shape index (κ1) is 106. The molecule has 0 amide bonds. The van der Waals surface area contributed by atoms with Crippen molar-refractivity contribution in [2.75, 3.05) is 0 Å². The molecule has 642 valence electrons. The summed E-state index contributed by atoms with van der Waals surface area (Å²) in [5.74, 6) is -2.80. The molecule has 27 heteroatoms. The number of fused-ring (bicyclic) bond motifs is 6. The summed E-state index contributed by atoms with van der Waals surface area (Å²) in [6, 6.07) is 62.9. The van der Waals surface area contributed by atoms with Gasteiger partial charge in [0, 0.05) is 168 Å². The van der Waals surface area contributed by atoms with Crippen LogP contribution in [0.25, 0.3) is 134 Å². The number of hydrogen-bond donors (Lipinski definition) is 8. The summed E-state index contributed by atoms with van der Waals surface area (Å²) in [5, 5.41) is 80.1. The van der Waals surface area contributed by atoms with Gasteiger partial charge in [0.05, 0.1) is 67.6 Å². The van der Waals surface area contributed by atoms with Crippen LogP contribution in [-0.4, -0.2) is 127 Å². The number of nitrogens with zero attached hydrogens (tertiary/aromatic N) is 8. The largest absolute Gasteiger partial charge is 0.507 e. The number of aliphatic carboxylic acids is 4. The van der Waals surface area contributed by atoms with Crippen LogP contribution < -0.4 is 0 Å². The SMILES string of the molecule is C.CC(=O)O.CC(=O)O.CC(=O)O.CC(=O)O.CC(C)(C)c1cc(-c2ccccn2)c(O)c(-c2ccc3ccc4ccc(-c5cc(C(C)(C)C)cc(-c6ccccn6)c5O)nc4c3n2)c1.CC(C)(C)c1cc(-c2ccccn2)c(O)c(-c2ccc3ccc4ccc(-c5cc(C(C)(C)C)cc(-c6ccccn6)c5O)nc4c3n2)c1.O.O.O.O.[Ni].[Ni].[Ni]. The van der Waals surface area contributed by atoms with Crippen molar-refractivity contribution in [1.29, 1.82) is 0 Å². The van der Waals surface area contributed by atoms with E-state index in [1.54, 1.807) is 24.8 Å². The number of pyridine rings is 8. The van der Waals surface area contributed by atoms with Crippen LogP contribution in [0.2, 0.25) is 0 Å². The van der Waals surface area contributed by atoms with Crippen LogP contribution in [0.15, 0.2) is 219 Å². The quantitative estimate of drug-likeness (QED) is 0.0517. The maximum absolute atomic E-state index is 11.7. The minimum Gasteiger partial charge on any atom is -0.507 e. The summed E-state index contributed by atoms with van der Waals surface area (Å²) in [7, 11) is 0. The van der Waals surface area contributed by atoms with Crippen molar-refractivity contribution < 1.29 is 131 Å². The Balaban J connectivity index is 0.000000962. The molecule has 0 radical (unpaired) electrons. The molecule has 0 aliphatic rings. The molecule has 8 heterocycles. The van der Waals surface area contributed by atoms with Gasteiger partial charge in [-0.05, 0) is 165 Å². The molecule has 14 aromatic rings. The smallest absolute Gasteiger partial charge is 0.300 e. The fourth-order valence-electron chi connectivity index (χ4n) is 12.1. The second kappa shape index (κ2) is 44.7. The van der Waals surface area contributed by atoms with Crippen LogP contribution in [0.3, 0.4) is 0 Å². The molecule has 0 saturated carbocycles. The molecular formula is C93H104N8Ni3O16. The number of hydrogen-bond acceptors (Lipinski definition) is 16. The van der Waals surface area contributed by atoms with Gasteiger partial charge in [0.25, 0.3) is 23.9 Å². The number of rotatable bonds is 8. The Kier molecular flexibility index (Phi) is 39.4. The molecule has 6 aromatic carbocycles. The van der Waals surface area contributed by atoms with Crippen LogP contribution in [-0.2, 0) is 90.3 Å². The number of carboxylic acids is 4. The van der Waals surface area contributed by atoms with Gasteiger partial charge in [-0.15, -0.1) is 0 Å². The monoisotopic (exact) mass is 1760 g/mol. The number of carbonyl (C=O) groups is 4. The zero-order chi connectivity index (χ0) is 81.9. The average molecular weight is 1770 g/mol. The van der Waals surface area contributed by atoms with E-state index in [1.807, 2.05) is 194 Å². The first-order valence-electron chi connectivity index (χ1n) is 36.1. The van der Waals surface area contributed by atoms with E-state index >= 15 is 0 Å². The normalized spacial score (nSPS) is 10.5. The van der Waals surface area contributed by atoms with Crippen molar-refractivity contribution in [3.8, 4) is 113 Å².